The van der Waals surface area contributed by atoms with Crippen molar-refractivity contribution in [2.75, 3.05) is 0 Å². The quantitative estimate of drug-likeness (QED) is 0.780. The molecule has 15 heavy (non-hydrogen) atoms. The number of aryl methyl sites for hydroxylation is 1. The van der Waals surface area contributed by atoms with Crippen LogP contribution in [0.2, 0.25) is 5.02 Å². The fourth-order valence-electron chi connectivity index (χ4n) is 1.58. The Labute approximate surface area is 102 Å². The van der Waals surface area contributed by atoms with Crippen LogP contribution in [0.5, 0.6) is 0 Å². The van der Waals surface area contributed by atoms with Gasteiger partial charge in [-0.1, -0.05) is 37.1 Å². The summed E-state index contributed by atoms with van der Waals surface area (Å²) in [5, 5.41) is 1.72. The summed E-state index contributed by atoms with van der Waals surface area (Å²) >= 11 is 9.40. The third-order valence-electron chi connectivity index (χ3n) is 2.22. The molecule has 0 aliphatic carbocycles. The van der Waals surface area contributed by atoms with Crippen molar-refractivity contribution in [3.05, 3.63) is 33.6 Å². The molecule has 0 spiro atoms. The van der Waals surface area contributed by atoms with Crippen molar-refractivity contribution in [2.45, 2.75) is 19.8 Å². The molecular weight excluding hydrogens is 275 g/mol. The van der Waals surface area contributed by atoms with Gasteiger partial charge in [0.15, 0.2) is 4.73 Å². The first-order valence-electron chi connectivity index (χ1n) is 4.83. The predicted molar refractivity (Wildman–Crippen MR) is 66.2 cm³/mol. The van der Waals surface area contributed by atoms with Gasteiger partial charge in [-0.2, -0.15) is 0 Å². The maximum atomic E-state index is 6.09. The maximum Gasteiger partial charge on any atom is 0.197 e. The van der Waals surface area contributed by atoms with Crippen molar-refractivity contribution >= 4 is 38.4 Å². The van der Waals surface area contributed by atoms with Gasteiger partial charge in [0.2, 0.25) is 0 Å². The molecule has 2 rings (SSSR count). The van der Waals surface area contributed by atoms with Crippen LogP contribution in [0.1, 0.15) is 19.0 Å². The monoisotopic (exact) mass is 284 g/mol. The zero-order valence-corrected chi connectivity index (χ0v) is 10.6. The second kappa shape index (κ2) is 4.45. The summed E-state index contributed by atoms with van der Waals surface area (Å²) in [6, 6.07) is 5.79. The second-order valence-corrected chi connectivity index (χ2v) is 4.44. The van der Waals surface area contributed by atoms with Crippen LogP contribution in [0.25, 0.3) is 10.9 Å². The van der Waals surface area contributed by atoms with E-state index in [1.54, 1.807) is 0 Å². The fraction of sp³-hybridized carbons (Fsp3) is 0.273. The molecule has 1 aromatic carbocycles. The number of nitrogens with zero attached hydrogens (tertiary/aromatic N) is 2. The van der Waals surface area contributed by atoms with Gasteiger partial charge < -0.3 is 0 Å². The first kappa shape index (κ1) is 10.8. The zero-order valence-electron chi connectivity index (χ0n) is 8.30. The highest BCUT2D eigenvalue weighted by Crippen LogP contribution is 2.25. The van der Waals surface area contributed by atoms with Gasteiger partial charge in [0.25, 0.3) is 0 Å². The lowest BCUT2D eigenvalue weighted by Crippen LogP contribution is -1.95. The molecule has 0 radical (unpaired) electrons. The number of hydrogen-bond donors (Lipinski definition) is 0. The Morgan fingerprint density at radius 3 is 2.87 bits per heavy atom. The van der Waals surface area contributed by atoms with Crippen molar-refractivity contribution in [1.82, 2.24) is 9.97 Å². The summed E-state index contributed by atoms with van der Waals surface area (Å²) in [5.74, 6) is 0. The number of aromatic nitrogens is 2. The molecule has 0 amide bonds. The van der Waals surface area contributed by atoms with E-state index in [0.29, 0.717) is 9.76 Å². The number of halogens is 2. The Kier molecular flexibility index (Phi) is 3.22. The summed E-state index contributed by atoms with van der Waals surface area (Å²) in [7, 11) is 0. The third kappa shape index (κ3) is 2.13. The summed E-state index contributed by atoms with van der Waals surface area (Å²) < 4.78 is 0.603. The van der Waals surface area contributed by atoms with E-state index >= 15 is 0 Å². The van der Waals surface area contributed by atoms with E-state index in [2.05, 4.69) is 32.8 Å². The fourth-order valence-corrected chi connectivity index (χ4v) is 2.19. The third-order valence-corrected chi connectivity index (χ3v) is 2.88. The Morgan fingerprint density at radius 2 is 2.13 bits per heavy atom. The molecule has 0 atom stereocenters. The highest BCUT2D eigenvalue weighted by molar-refractivity contribution is 9.10. The van der Waals surface area contributed by atoms with Gasteiger partial charge >= 0.3 is 0 Å². The standard InChI is InChI=1S/C11H10BrClN2/c1-2-4-9-7-5-3-6-8(13)10(7)15-11(12)14-9/h3,5-6H,2,4H2,1H3. The van der Waals surface area contributed by atoms with E-state index in [1.165, 1.54) is 0 Å². The maximum absolute atomic E-state index is 6.09. The minimum Gasteiger partial charge on any atom is -0.227 e. The largest absolute Gasteiger partial charge is 0.227 e. The van der Waals surface area contributed by atoms with Crippen LogP contribution in [0.3, 0.4) is 0 Å². The number of fused-ring (bicyclic) bond motifs is 1. The average Bonchev–Trinajstić information content (AvgIpc) is 2.20. The van der Waals surface area contributed by atoms with Gasteiger partial charge in [-0.05, 0) is 28.4 Å². The van der Waals surface area contributed by atoms with Gasteiger partial charge in [-0.25, -0.2) is 9.97 Å². The highest BCUT2D eigenvalue weighted by atomic mass is 79.9. The van der Waals surface area contributed by atoms with Crippen molar-refractivity contribution in [3.8, 4) is 0 Å². The van der Waals surface area contributed by atoms with Gasteiger partial charge in [0.05, 0.1) is 16.2 Å². The molecule has 4 heteroatoms. The topological polar surface area (TPSA) is 25.8 Å². The van der Waals surface area contributed by atoms with Gasteiger partial charge in [-0.15, -0.1) is 0 Å². The summed E-state index contributed by atoms with van der Waals surface area (Å²) in [5.41, 5.74) is 1.88. The lowest BCUT2D eigenvalue weighted by molar-refractivity contribution is 0.879. The highest BCUT2D eigenvalue weighted by Gasteiger charge is 2.07. The molecular formula is C11H10BrClN2. The van der Waals surface area contributed by atoms with E-state index in [9.17, 15) is 0 Å². The molecule has 0 saturated carbocycles. The van der Waals surface area contributed by atoms with E-state index in [4.69, 9.17) is 11.6 Å². The van der Waals surface area contributed by atoms with Crippen molar-refractivity contribution in [2.24, 2.45) is 0 Å². The van der Waals surface area contributed by atoms with Crippen LogP contribution in [0.15, 0.2) is 22.9 Å². The van der Waals surface area contributed by atoms with E-state index < -0.39 is 0 Å². The minimum atomic E-state index is 0.603. The second-order valence-electron chi connectivity index (χ2n) is 3.33. The molecule has 0 aliphatic heterocycles. The zero-order chi connectivity index (χ0) is 10.8. The van der Waals surface area contributed by atoms with Crippen molar-refractivity contribution in [1.29, 1.82) is 0 Å². The SMILES string of the molecule is CCCc1nc(Br)nc2c(Cl)cccc12. The average molecular weight is 286 g/mol. The first-order chi connectivity index (χ1) is 7.22. The molecule has 78 valence electrons. The Hall–Kier alpha value is -0.670. The van der Waals surface area contributed by atoms with Crippen LogP contribution in [0, 0.1) is 0 Å². The number of para-hydroxylation sites is 1. The minimum absolute atomic E-state index is 0.603. The Morgan fingerprint density at radius 1 is 1.33 bits per heavy atom. The predicted octanol–water partition coefficient (Wildman–Crippen LogP) is 4.00. The first-order valence-corrected chi connectivity index (χ1v) is 6.00. The molecule has 0 fully saturated rings. The molecule has 1 heterocycles. The molecule has 1 aromatic heterocycles. The van der Waals surface area contributed by atoms with E-state index in [1.807, 2.05) is 18.2 Å². The Bertz CT molecular complexity index is 499. The van der Waals surface area contributed by atoms with Crippen molar-refractivity contribution < 1.29 is 0 Å². The molecule has 2 nitrogen and oxygen atoms in total. The molecule has 0 N–H and O–H groups in total. The van der Waals surface area contributed by atoms with E-state index in [-0.39, 0.29) is 0 Å². The number of benzene rings is 1. The van der Waals surface area contributed by atoms with E-state index in [0.717, 1.165) is 29.4 Å². The lowest BCUT2D eigenvalue weighted by atomic mass is 10.1. The van der Waals surface area contributed by atoms with Gasteiger partial charge in [0.1, 0.15) is 0 Å². The normalized spacial score (nSPS) is 10.9. The summed E-state index contributed by atoms with van der Waals surface area (Å²) in [4.78, 5) is 8.67. The molecule has 0 saturated heterocycles. The van der Waals surface area contributed by atoms with Crippen LogP contribution in [-0.4, -0.2) is 9.97 Å². The van der Waals surface area contributed by atoms with Crippen LogP contribution in [0.4, 0.5) is 0 Å². The van der Waals surface area contributed by atoms with Crippen LogP contribution < -0.4 is 0 Å². The molecule has 2 aromatic rings. The Balaban J connectivity index is 2.74. The summed E-state index contributed by atoms with van der Waals surface area (Å²) in [6.07, 6.45) is 2.00. The van der Waals surface area contributed by atoms with Gasteiger partial charge in [-0.3, -0.25) is 0 Å². The van der Waals surface area contributed by atoms with Crippen LogP contribution in [-0.2, 0) is 6.42 Å². The smallest absolute Gasteiger partial charge is 0.197 e. The number of rotatable bonds is 2. The van der Waals surface area contributed by atoms with Crippen LogP contribution >= 0.6 is 27.5 Å². The molecule has 0 bridgehead atoms. The number of hydrogen-bond acceptors (Lipinski definition) is 2. The summed E-state index contributed by atoms with van der Waals surface area (Å²) in [6.45, 7) is 2.13. The lowest BCUT2D eigenvalue weighted by Gasteiger charge is -2.05. The van der Waals surface area contributed by atoms with Crippen molar-refractivity contribution in [3.63, 3.8) is 0 Å². The van der Waals surface area contributed by atoms with Gasteiger partial charge in [0, 0.05) is 5.39 Å². The molecule has 0 unspecified atom stereocenters. The molecule has 0 aliphatic rings.